The Labute approximate surface area is 200 Å². The summed E-state index contributed by atoms with van der Waals surface area (Å²) < 4.78 is 0. The van der Waals surface area contributed by atoms with Crippen LogP contribution in [0.1, 0.15) is 52.7 Å². The minimum atomic E-state index is -0.198. The highest BCUT2D eigenvalue weighted by Gasteiger charge is 2.22. The summed E-state index contributed by atoms with van der Waals surface area (Å²) in [6, 6.07) is 22.2. The van der Waals surface area contributed by atoms with Gasteiger partial charge in [-0.05, 0) is 86.0 Å². The zero-order chi connectivity index (χ0) is 23.8. The highest BCUT2D eigenvalue weighted by molar-refractivity contribution is 5.91. The van der Waals surface area contributed by atoms with Gasteiger partial charge in [-0.25, -0.2) is 0 Å². The predicted octanol–water partition coefficient (Wildman–Crippen LogP) is 6.91. The quantitative estimate of drug-likeness (QED) is 0.283. The Morgan fingerprint density at radius 3 is 1.26 bits per heavy atom. The molecule has 4 aromatic carbocycles. The zero-order valence-electron chi connectivity index (χ0n) is 20.8. The number of nitrogens with zero attached hydrogens (tertiary/aromatic N) is 2. The van der Waals surface area contributed by atoms with E-state index in [4.69, 9.17) is 9.98 Å². The molecule has 2 aliphatic heterocycles. The fourth-order valence-corrected chi connectivity index (χ4v) is 5.86. The molecule has 168 valence electrons. The molecule has 0 radical (unpaired) electrons. The highest BCUT2D eigenvalue weighted by atomic mass is 14.8. The van der Waals surface area contributed by atoms with E-state index in [0.29, 0.717) is 0 Å². The van der Waals surface area contributed by atoms with Crippen LogP contribution in [0.2, 0.25) is 0 Å². The van der Waals surface area contributed by atoms with Crippen LogP contribution in [0, 0.1) is 10.4 Å². The number of hydrogen-bond donors (Lipinski definition) is 0. The summed E-state index contributed by atoms with van der Waals surface area (Å²) in [4.78, 5) is 10.3. The van der Waals surface area contributed by atoms with Gasteiger partial charge in [-0.3, -0.25) is 9.98 Å². The second kappa shape index (κ2) is 6.99. The molecule has 0 spiro atoms. The van der Waals surface area contributed by atoms with Crippen LogP contribution in [0.25, 0.3) is 32.7 Å². The molecule has 4 aromatic rings. The van der Waals surface area contributed by atoms with Gasteiger partial charge >= 0.3 is 0 Å². The van der Waals surface area contributed by atoms with E-state index < -0.39 is 0 Å². The van der Waals surface area contributed by atoms with Gasteiger partial charge in [0.15, 0.2) is 0 Å². The minimum Gasteiger partial charge on any atom is -0.274 e. The van der Waals surface area contributed by atoms with Gasteiger partial charge in [0.25, 0.3) is 0 Å². The lowest BCUT2D eigenvalue weighted by Crippen LogP contribution is -2.26. The molecule has 34 heavy (non-hydrogen) atoms. The molecule has 0 aromatic heterocycles. The summed E-state index contributed by atoms with van der Waals surface area (Å²) in [5.74, 6) is 0. The molecule has 2 heterocycles. The summed E-state index contributed by atoms with van der Waals surface area (Å²) >= 11 is 0. The summed E-state index contributed by atoms with van der Waals surface area (Å²) in [5.41, 5.74) is 4.64. The Bertz CT molecular complexity index is 1680. The lowest BCUT2D eigenvalue weighted by Gasteiger charge is -2.23. The summed E-state index contributed by atoms with van der Waals surface area (Å²) in [6.45, 7) is 13.1. The van der Waals surface area contributed by atoms with Crippen LogP contribution in [0.3, 0.4) is 0 Å². The second-order valence-corrected chi connectivity index (χ2v) is 10.9. The second-order valence-electron chi connectivity index (χ2n) is 10.9. The van der Waals surface area contributed by atoms with Crippen molar-refractivity contribution in [2.24, 2.45) is 9.98 Å². The van der Waals surface area contributed by atoms with Crippen molar-refractivity contribution in [3.8, 4) is 0 Å². The fourth-order valence-electron chi connectivity index (χ4n) is 5.86. The third-order valence-corrected chi connectivity index (χ3v) is 7.11. The molecule has 0 atom stereocenters. The van der Waals surface area contributed by atoms with Crippen LogP contribution in [0.4, 0.5) is 0 Å². The average Bonchev–Trinajstić information content (AvgIpc) is 2.77. The monoisotopic (exact) mass is 442 g/mol. The van der Waals surface area contributed by atoms with E-state index in [2.05, 4.69) is 114 Å². The number of benzene rings is 4. The van der Waals surface area contributed by atoms with Crippen LogP contribution in [0.15, 0.2) is 82.8 Å². The van der Waals surface area contributed by atoms with Gasteiger partial charge in [-0.1, -0.05) is 60.7 Å². The molecule has 0 bridgehead atoms. The molecule has 0 unspecified atom stereocenters. The molecule has 2 heteroatoms. The molecule has 2 nitrogen and oxygen atoms in total. The first-order valence-electron chi connectivity index (χ1n) is 12.1. The van der Waals surface area contributed by atoms with Crippen LogP contribution >= 0.6 is 0 Å². The molecule has 6 rings (SSSR count). The van der Waals surface area contributed by atoms with Crippen molar-refractivity contribution < 1.29 is 0 Å². The first-order chi connectivity index (χ1) is 16.1. The molecule has 0 aliphatic carbocycles. The Hall–Kier alpha value is -3.52. The van der Waals surface area contributed by atoms with Crippen LogP contribution in [-0.4, -0.2) is 11.1 Å². The van der Waals surface area contributed by atoms with Gasteiger partial charge in [-0.15, -0.1) is 0 Å². The Morgan fingerprint density at radius 1 is 0.529 bits per heavy atom. The summed E-state index contributed by atoms with van der Waals surface area (Å²) in [7, 11) is 0. The maximum atomic E-state index is 5.15. The van der Waals surface area contributed by atoms with E-state index in [9.17, 15) is 0 Å². The predicted molar refractivity (Wildman–Crippen MR) is 143 cm³/mol. The van der Waals surface area contributed by atoms with E-state index in [1.165, 1.54) is 54.3 Å². The number of fused-ring (bicyclic) bond motifs is 6. The highest BCUT2D eigenvalue weighted by Crippen LogP contribution is 2.29. The summed E-state index contributed by atoms with van der Waals surface area (Å²) in [5, 5.41) is 9.66. The SMILES string of the molecule is CC1=CC(C)(C)N=c2c1c/c(=c1\cc3c(c4ccccc14)=NC(C)(C)C=C3C)c1ccccc21. The van der Waals surface area contributed by atoms with Crippen LogP contribution < -0.4 is 10.7 Å². The van der Waals surface area contributed by atoms with Crippen molar-refractivity contribution in [1.29, 1.82) is 0 Å². The maximum absolute atomic E-state index is 5.15. The standard InChI is InChI=1S/C32H30N2/c1-19-17-31(3,4)33-29-23-13-9-7-11-21(23)27(15-25(19)29)28-16-26-20(2)18-32(5,6)34-30(26)24-14-10-8-12-22(24)28/h7-18H,1-6H3/b28-27-. The van der Waals surface area contributed by atoms with E-state index in [0.717, 1.165) is 10.7 Å². The average molecular weight is 443 g/mol. The van der Waals surface area contributed by atoms with Crippen LogP contribution in [0.5, 0.6) is 0 Å². The normalized spacial score (nSPS) is 18.9. The molecular weight excluding hydrogens is 412 g/mol. The molecule has 2 aliphatic rings. The van der Waals surface area contributed by atoms with E-state index in [-0.39, 0.29) is 11.1 Å². The van der Waals surface area contributed by atoms with E-state index in [1.807, 2.05) is 0 Å². The van der Waals surface area contributed by atoms with Crippen molar-refractivity contribution >= 4 is 32.7 Å². The third kappa shape index (κ3) is 3.16. The third-order valence-electron chi connectivity index (χ3n) is 7.11. The van der Waals surface area contributed by atoms with Crippen molar-refractivity contribution in [3.05, 3.63) is 105 Å². The van der Waals surface area contributed by atoms with Gasteiger partial charge in [0.2, 0.25) is 0 Å². The molecular formula is C32H30N2. The molecule has 0 N–H and O–H groups in total. The van der Waals surface area contributed by atoms with Crippen LogP contribution in [-0.2, 0) is 0 Å². The summed E-state index contributed by atoms with van der Waals surface area (Å²) in [6.07, 6.45) is 4.57. The van der Waals surface area contributed by atoms with Gasteiger partial charge in [0.05, 0.1) is 21.8 Å². The Kier molecular flexibility index (Phi) is 4.33. The first kappa shape index (κ1) is 21.0. The lowest BCUT2D eigenvalue weighted by atomic mass is 9.88. The zero-order valence-corrected chi connectivity index (χ0v) is 20.8. The topological polar surface area (TPSA) is 24.7 Å². The number of rotatable bonds is 0. The smallest absolute Gasteiger partial charge is 0.0745 e. The van der Waals surface area contributed by atoms with Gasteiger partial charge < -0.3 is 0 Å². The number of allylic oxidation sites excluding steroid dienone is 2. The van der Waals surface area contributed by atoms with E-state index in [1.54, 1.807) is 0 Å². The maximum Gasteiger partial charge on any atom is 0.0745 e. The van der Waals surface area contributed by atoms with Crippen molar-refractivity contribution in [3.63, 3.8) is 0 Å². The first-order valence-corrected chi connectivity index (χ1v) is 12.1. The van der Waals surface area contributed by atoms with Gasteiger partial charge in [0, 0.05) is 21.9 Å². The van der Waals surface area contributed by atoms with E-state index >= 15 is 0 Å². The van der Waals surface area contributed by atoms with Crippen molar-refractivity contribution in [2.75, 3.05) is 0 Å². The molecule has 0 saturated carbocycles. The molecule has 0 fully saturated rings. The number of hydrogen-bond acceptors (Lipinski definition) is 2. The van der Waals surface area contributed by atoms with Crippen molar-refractivity contribution in [1.82, 2.24) is 0 Å². The minimum absolute atomic E-state index is 0.198. The van der Waals surface area contributed by atoms with Gasteiger partial charge in [0.1, 0.15) is 0 Å². The Balaban J connectivity index is 1.93. The Morgan fingerprint density at radius 2 is 0.882 bits per heavy atom. The largest absolute Gasteiger partial charge is 0.274 e. The van der Waals surface area contributed by atoms with Crippen molar-refractivity contribution in [2.45, 2.75) is 52.6 Å². The lowest BCUT2D eigenvalue weighted by molar-refractivity contribution is 0.632. The molecule has 0 amide bonds. The fraction of sp³-hybridized carbons (Fsp3) is 0.250. The van der Waals surface area contributed by atoms with Gasteiger partial charge in [-0.2, -0.15) is 0 Å². The molecule has 0 saturated heterocycles.